The first-order chi connectivity index (χ1) is 11.6. The van der Waals surface area contributed by atoms with Crippen molar-refractivity contribution in [3.8, 4) is 0 Å². The average Bonchev–Trinajstić information content (AvgIpc) is 2.50. The van der Waals surface area contributed by atoms with Crippen LogP contribution in [0.3, 0.4) is 0 Å². The molecule has 0 bridgehead atoms. The number of hydrogen-bond acceptors (Lipinski definition) is 3. The topological polar surface area (TPSA) is 82.6 Å². The van der Waals surface area contributed by atoms with Crippen molar-refractivity contribution < 1.29 is 8.42 Å². The summed E-state index contributed by atoms with van der Waals surface area (Å²) in [7, 11) is -1.54. The second kappa shape index (κ2) is 11.8. The fourth-order valence-electron chi connectivity index (χ4n) is 2.14. The minimum Gasteiger partial charge on any atom is -0.354 e. The summed E-state index contributed by atoms with van der Waals surface area (Å²) in [6, 6.07) is 7.80. The number of halogens is 1. The van der Waals surface area contributed by atoms with E-state index in [1.807, 2.05) is 38.1 Å². The molecule has 0 fully saturated rings. The highest BCUT2D eigenvalue weighted by Crippen LogP contribution is 2.08. The third-order valence-electron chi connectivity index (χ3n) is 3.84. The van der Waals surface area contributed by atoms with Gasteiger partial charge in [0.1, 0.15) is 0 Å². The van der Waals surface area contributed by atoms with Crippen LogP contribution in [-0.4, -0.2) is 33.5 Å². The molecule has 1 atom stereocenters. The van der Waals surface area contributed by atoms with Crippen LogP contribution in [0.1, 0.15) is 45.7 Å². The highest BCUT2D eigenvalue weighted by molar-refractivity contribution is 14.0. The van der Waals surface area contributed by atoms with Crippen LogP contribution in [0.15, 0.2) is 29.3 Å². The number of aliphatic imine (C=N–C) groups is 1. The van der Waals surface area contributed by atoms with Gasteiger partial charge in [-0.05, 0) is 37.8 Å². The van der Waals surface area contributed by atoms with E-state index < -0.39 is 10.0 Å². The molecular formula is C18H33IN4O2S. The van der Waals surface area contributed by atoms with E-state index in [1.54, 1.807) is 7.05 Å². The van der Waals surface area contributed by atoms with E-state index in [4.69, 9.17) is 0 Å². The van der Waals surface area contributed by atoms with Gasteiger partial charge in [-0.25, -0.2) is 13.1 Å². The van der Waals surface area contributed by atoms with Crippen LogP contribution >= 0.6 is 24.0 Å². The van der Waals surface area contributed by atoms with Gasteiger partial charge < -0.3 is 10.6 Å². The molecule has 8 heteroatoms. The van der Waals surface area contributed by atoms with Gasteiger partial charge in [0.05, 0.1) is 5.75 Å². The maximum absolute atomic E-state index is 12.0. The van der Waals surface area contributed by atoms with Gasteiger partial charge in [-0.3, -0.25) is 4.99 Å². The van der Waals surface area contributed by atoms with Gasteiger partial charge in [0.25, 0.3) is 0 Å². The second-order valence-electron chi connectivity index (χ2n) is 6.95. The lowest BCUT2D eigenvalue weighted by molar-refractivity contribution is 0.481. The molecule has 0 spiro atoms. The van der Waals surface area contributed by atoms with E-state index in [1.165, 1.54) is 0 Å². The largest absolute Gasteiger partial charge is 0.354 e. The Bertz CT molecular complexity index is 658. The number of rotatable bonds is 8. The molecule has 0 aliphatic heterocycles. The Morgan fingerprint density at radius 1 is 1.04 bits per heavy atom. The van der Waals surface area contributed by atoms with E-state index in [2.05, 4.69) is 41.1 Å². The zero-order valence-electron chi connectivity index (χ0n) is 16.5. The lowest BCUT2D eigenvalue weighted by atomic mass is 10.1. The van der Waals surface area contributed by atoms with Crippen molar-refractivity contribution in [1.29, 1.82) is 0 Å². The molecule has 0 radical (unpaired) electrons. The molecule has 0 aromatic heterocycles. The minimum atomic E-state index is -3.29. The van der Waals surface area contributed by atoms with Crippen LogP contribution in [0.4, 0.5) is 0 Å². The summed E-state index contributed by atoms with van der Waals surface area (Å²) in [6.07, 6.45) is 0. The van der Waals surface area contributed by atoms with Crippen molar-refractivity contribution in [2.45, 2.75) is 59.0 Å². The van der Waals surface area contributed by atoms with E-state index >= 15 is 0 Å². The number of nitrogens with one attached hydrogen (secondary N) is 3. The maximum atomic E-state index is 12.0. The molecule has 1 aromatic carbocycles. The van der Waals surface area contributed by atoms with E-state index in [0.29, 0.717) is 18.5 Å². The zero-order valence-corrected chi connectivity index (χ0v) is 19.7. The van der Waals surface area contributed by atoms with E-state index in [-0.39, 0.29) is 35.8 Å². The van der Waals surface area contributed by atoms with Crippen LogP contribution in [0.5, 0.6) is 0 Å². The third-order valence-corrected chi connectivity index (χ3v) is 5.39. The van der Waals surface area contributed by atoms with Crippen molar-refractivity contribution in [1.82, 2.24) is 15.4 Å². The van der Waals surface area contributed by atoms with Crippen molar-refractivity contribution >= 4 is 40.0 Å². The van der Waals surface area contributed by atoms with Crippen molar-refractivity contribution in [3.05, 3.63) is 35.4 Å². The summed E-state index contributed by atoms with van der Waals surface area (Å²) in [5.74, 6) is 1.27. The first-order valence-electron chi connectivity index (χ1n) is 8.68. The zero-order chi connectivity index (χ0) is 19.0. The third kappa shape index (κ3) is 9.72. The number of guanidine groups is 1. The minimum absolute atomic E-state index is 0. The van der Waals surface area contributed by atoms with Crippen molar-refractivity contribution in [3.63, 3.8) is 0 Å². The highest BCUT2D eigenvalue weighted by Gasteiger charge is 2.13. The van der Waals surface area contributed by atoms with E-state index in [0.717, 1.165) is 17.1 Å². The lowest BCUT2D eigenvalue weighted by Gasteiger charge is -2.20. The first kappa shape index (κ1) is 25.1. The standard InChI is InChI=1S/C18H32N4O2S.HI/c1-13(2)15(5)21-18(19-6)20-11-16-7-9-17(10-8-16)12-25(23,24)22-14(3)4;/h7-10,13-15,22H,11-12H2,1-6H3,(H2,19,20,21);1H. The summed E-state index contributed by atoms with van der Waals surface area (Å²) < 4.78 is 26.5. The molecule has 6 nitrogen and oxygen atoms in total. The molecule has 1 unspecified atom stereocenters. The monoisotopic (exact) mass is 496 g/mol. The lowest BCUT2D eigenvalue weighted by Crippen LogP contribution is -2.43. The van der Waals surface area contributed by atoms with Crippen LogP contribution in [0.2, 0.25) is 0 Å². The Balaban J connectivity index is 0.00000625. The summed E-state index contributed by atoms with van der Waals surface area (Å²) in [5, 5.41) is 6.62. The summed E-state index contributed by atoms with van der Waals surface area (Å²) in [4.78, 5) is 4.23. The molecule has 0 aliphatic carbocycles. The Hall–Kier alpha value is -0.870. The van der Waals surface area contributed by atoms with Crippen LogP contribution in [0, 0.1) is 5.92 Å². The highest BCUT2D eigenvalue weighted by atomic mass is 127. The Morgan fingerprint density at radius 3 is 2.04 bits per heavy atom. The van der Waals surface area contributed by atoms with Gasteiger partial charge >= 0.3 is 0 Å². The predicted octanol–water partition coefficient (Wildman–Crippen LogP) is 2.84. The van der Waals surface area contributed by atoms with Gasteiger partial charge in [0, 0.05) is 25.7 Å². The van der Waals surface area contributed by atoms with Gasteiger partial charge in [-0.15, -0.1) is 24.0 Å². The molecule has 0 heterocycles. The number of hydrogen-bond donors (Lipinski definition) is 3. The normalized spacial score (nSPS) is 13.5. The Labute approximate surface area is 175 Å². The summed E-state index contributed by atoms with van der Waals surface area (Å²) in [5.41, 5.74) is 1.84. The molecule has 1 aromatic rings. The molecular weight excluding hydrogens is 463 g/mol. The number of sulfonamides is 1. The quantitative estimate of drug-likeness (QED) is 0.294. The Morgan fingerprint density at radius 2 is 1.58 bits per heavy atom. The molecule has 0 aliphatic rings. The summed E-state index contributed by atoms with van der Waals surface area (Å²) in [6.45, 7) is 10.7. The van der Waals surface area contributed by atoms with Crippen molar-refractivity contribution in [2.75, 3.05) is 7.05 Å². The van der Waals surface area contributed by atoms with Gasteiger partial charge in [0.15, 0.2) is 5.96 Å². The molecule has 26 heavy (non-hydrogen) atoms. The molecule has 0 saturated carbocycles. The van der Waals surface area contributed by atoms with Crippen molar-refractivity contribution in [2.24, 2.45) is 10.9 Å². The second-order valence-corrected chi connectivity index (χ2v) is 8.70. The SMILES string of the molecule is CN=C(NCc1ccc(CS(=O)(=O)NC(C)C)cc1)NC(C)C(C)C.I. The fraction of sp³-hybridized carbons (Fsp3) is 0.611. The maximum Gasteiger partial charge on any atom is 0.216 e. The molecule has 1 rings (SSSR count). The molecule has 0 amide bonds. The fourth-order valence-corrected chi connectivity index (χ4v) is 3.57. The first-order valence-corrected chi connectivity index (χ1v) is 10.3. The van der Waals surface area contributed by atoms with Crippen LogP contribution < -0.4 is 15.4 Å². The van der Waals surface area contributed by atoms with Crippen LogP contribution in [0.25, 0.3) is 0 Å². The number of nitrogens with zero attached hydrogens (tertiary/aromatic N) is 1. The number of benzene rings is 1. The Kier molecular flexibility index (Phi) is 11.4. The van der Waals surface area contributed by atoms with Gasteiger partial charge in [-0.1, -0.05) is 38.1 Å². The van der Waals surface area contributed by atoms with E-state index in [9.17, 15) is 8.42 Å². The van der Waals surface area contributed by atoms with Crippen LogP contribution in [-0.2, 0) is 22.3 Å². The molecule has 0 saturated heterocycles. The summed E-state index contributed by atoms with van der Waals surface area (Å²) >= 11 is 0. The predicted molar refractivity (Wildman–Crippen MR) is 120 cm³/mol. The average molecular weight is 496 g/mol. The molecule has 150 valence electrons. The smallest absolute Gasteiger partial charge is 0.216 e. The van der Waals surface area contributed by atoms with Gasteiger partial charge in [0.2, 0.25) is 10.0 Å². The van der Waals surface area contributed by atoms with Gasteiger partial charge in [-0.2, -0.15) is 0 Å². The molecule has 3 N–H and O–H groups in total.